The Morgan fingerprint density at radius 1 is 1.19 bits per heavy atom. The van der Waals surface area contributed by atoms with Gasteiger partial charge >= 0.3 is 6.61 Å². The maximum atomic E-state index is 12.1. The van der Waals surface area contributed by atoms with Crippen molar-refractivity contribution in [3.8, 4) is 5.75 Å². The normalized spacial score (nSPS) is 11.4. The summed E-state index contributed by atoms with van der Waals surface area (Å²) >= 11 is 0. The van der Waals surface area contributed by atoms with Gasteiger partial charge in [-0.1, -0.05) is 12.1 Å². The highest BCUT2D eigenvalue weighted by Crippen LogP contribution is 2.16. The van der Waals surface area contributed by atoms with Gasteiger partial charge in [-0.05, 0) is 31.7 Å². The Kier molecular flexibility index (Phi) is 4.85. The molecular formula is C14H18F2N4O. The Morgan fingerprint density at radius 2 is 1.86 bits per heavy atom. The predicted molar refractivity (Wildman–Crippen MR) is 74.0 cm³/mol. The average molecular weight is 296 g/mol. The Hall–Kier alpha value is -2.02. The number of aromatic nitrogens is 3. The van der Waals surface area contributed by atoms with Gasteiger partial charge in [-0.25, -0.2) is 0 Å². The summed E-state index contributed by atoms with van der Waals surface area (Å²) in [6.07, 6.45) is 0. The summed E-state index contributed by atoms with van der Waals surface area (Å²) in [5.41, 5.74) is 1.01. The van der Waals surface area contributed by atoms with E-state index in [1.165, 1.54) is 0 Å². The fraction of sp³-hybridized carbons (Fsp3) is 0.429. The lowest BCUT2D eigenvalue weighted by molar-refractivity contribution is -0.0498. The van der Waals surface area contributed by atoms with Crippen LogP contribution in [0.25, 0.3) is 0 Å². The second-order valence-electron chi connectivity index (χ2n) is 4.92. The summed E-state index contributed by atoms with van der Waals surface area (Å²) in [6.45, 7) is 0.448. The number of nitrogens with zero attached hydrogens (tertiary/aromatic N) is 4. The van der Waals surface area contributed by atoms with Crippen LogP contribution in [-0.4, -0.2) is 33.3 Å². The molecule has 0 bridgehead atoms. The van der Waals surface area contributed by atoms with Crippen molar-refractivity contribution in [2.75, 3.05) is 7.05 Å². The minimum Gasteiger partial charge on any atom is -0.435 e. The third-order valence-electron chi connectivity index (χ3n) is 3.20. The van der Waals surface area contributed by atoms with Gasteiger partial charge in [-0.2, -0.15) is 8.78 Å². The van der Waals surface area contributed by atoms with E-state index in [9.17, 15) is 8.78 Å². The molecule has 0 saturated carbocycles. The molecule has 0 aliphatic heterocycles. The lowest BCUT2D eigenvalue weighted by Crippen LogP contribution is -2.19. The number of alkyl halides is 2. The van der Waals surface area contributed by atoms with Crippen molar-refractivity contribution in [1.82, 2.24) is 19.7 Å². The van der Waals surface area contributed by atoms with Crippen molar-refractivity contribution in [1.29, 1.82) is 0 Å². The van der Waals surface area contributed by atoms with Crippen LogP contribution in [0.4, 0.5) is 8.78 Å². The van der Waals surface area contributed by atoms with Crippen molar-refractivity contribution in [3.05, 3.63) is 41.5 Å². The largest absolute Gasteiger partial charge is 0.435 e. The molecule has 0 spiro atoms. The SMILES string of the molecule is Cc1nnc(CN(C)Cc2ccc(OC(F)F)cc2)n1C. The van der Waals surface area contributed by atoms with Crippen LogP contribution in [0.3, 0.4) is 0 Å². The van der Waals surface area contributed by atoms with Crippen LogP contribution in [0.1, 0.15) is 17.2 Å². The molecule has 0 radical (unpaired) electrons. The smallest absolute Gasteiger partial charge is 0.387 e. The van der Waals surface area contributed by atoms with Gasteiger partial charge in [0.15, 0.2) is 0 Å². The van der Waals surface area contributed by atoms with Gasteiger partial charge in [0.1, 0.15) is 17.4 Å². The Morgan fingerprint density at radius 3 is 2.38 bits per heavy atom. The molecule has 0 unspecified atom stereocenters. The summed E-state index contributed by atoms with van der Waals surface area (Å²) in [4.78, 5) is 2.08. The number of rotatable bonds is 6. The van der Waals surface area contributed by atoms with Crippen LogP contribution in [-0.2, 0) is 20.1 Å². The summed E-state index contributed by atoms with van der Waals surface area (Å²) in [5.74, 6) is 1.92. The van der Waals surface area contributed by atoms with Crippen molar-refractivity contribution < 1.29 is 13.5 Å². The van der Waals surface area contributed by atoms with Crippen molar-refractivity contribution >= 4 is 0 Å². The molecule has 0 saturated heterocycles. The Balaban J connectivity index is 1.93. The van der Waals surface area contributed by atoms with Crippen LogP contribution >= 0.6 is 0 Å². The second kappa shape index (κ2) is 6.62. The first-order chi connectivity index (χ1) is 9.95. The molecule has 7 heteroatoms. The van der Waals surface area contributed by atoms with Crippen molar-refractivity contribution in [2.24, 2.45) is 7.05 Å². The first kappa shape index (κ1) is 15.4. The van der Waals surface area contributed by atoms with Gasteiger partial charge in [-0.3, -0.25) is 4.90 Å². The first-order valence-corrected chi connectivity index (χ1v) is 6.53. The van der Waals surface area contributed by atoms with E-state index in [1.807, 2.05) is 25.6 Å². The van der Waals surface area contributed by atoms with E-state index in [0.717, 1.165) is 17.2 Å². The van der Waals surface area contributed by atoms with E-state index in [-0.39, 0.29) is 5.75 Å². The van der Waals surface area contributed by atoms with Crippen LogP contribution in [0.5, 0.6) is 5.75 Å². The van der Waals surface area contributed by atoms with E-state index >= 15 is 0 Å². The summed E-state index contributed by atoms with van der Waals surface area (Å²) in [6, 6.07) is 6.63. The zero-order valence-corrected chi connectivity index (χ0v) is 12.3. The highest BCUT2D eigenvalue weighted by molar-refractivity contribution is 5.27. The molecule has 0 aliphatic carbocycles. The van der Waals surface area contributed by atoms with Gasteiger partial charge in [-0.15, -0.1) is 10.2 Å². The number of benzene rings is 1. The third-order valence-corrected chi connectivity index (χ3v) is 3.20. The van der Waals surface area contributed by atoms with Gasteiger partial charge in [0, 0.05) is 13.6 Å². The molecular weight excluding hydrogens is 278 g/mol. The standard InChI is InChI=1S/C14H18F2N4O/c1-10-17-18-13(20(10)3)9-19(2)8-11-4-6-12(7-5-11)21-14(15)16/h4-7,14H,8-9H2,1-3H3. The van der Waals surface area contributed by atoms with E-state index in [1.54, 1.807) is 24.3 Å². The average Bonchev–Trinajstić information content (AvgIpc) is 2.72. The van der Waals surface area contributed by atoms with Crippen molar-refractivity contribution in [2.45, 2.75) is 26.6 Å². The first-order valence-electron chi connectivity index (χ1n) is 6.53. The minimum atomic E-state index is -2.79. The van der Waals surface area contributed by atoms with E-state index in [4.69, 9.17) is 0 Å². The summed E-state index contributed by atoms with van der Waals surface area (Å²) in [7, 11) is 3.89. The van der Waals surface area contributed by atoms with E-state index in [2.05, 4.69) is 19.8 Å². The topological polar surface area (TPSA) is 43.2 Å². The Labute approximate surface area is 122 Å². The lowest BCUT2D eigenvalue weighted by Gasteiger charge is -2.16. The predicted octanol–water partition coefficient (Wildman–Crippen LogP) is 2.36. The monoisotopic (exact) mass is 296 g/mol. The quantitative estimate of drug-likeness (QED) is 0.821. The van der Waals surface area contributed by atoms with Crippen molar-refractivity contribution in [3.63, 3.8) is 0 Å². The number of hydrogen-bond acceptors (Lipinski definition) is 4. The minimum absolute atomic E-state index is 0.167. The van der Waals surface area contributed by atoms with Gasteiger partial charge < -0.3 is 9.30 Å². The third kappa shape index (κ3) is 4.22. The molecule has 0 fully saturated rings. The molecule has 114 valence electrons. The molecule has 1 heterocycles. The number of ether oxygens (including phenoxy) is 1. The fourth-order valence-electron chi connectivity index (χ4n) is 1.97. The van der Waals surface area contributed by atoms with Crippen LogP contribution in [0.2, 0.25) is 0 Å². The molecule has 2 aromatic rings. The molecule has 5 nitrogen and oxygen atoms in total. The zero-order chi connectivity index (χ0) is 15.4. The molecule has 1 aromatic heterocycles. The molecule has 1 aromatic carbocycles. The molecule has 2 rings (SSSR count). The van der Waals surface area contributed by atoms with Gasteiger partial charge in [0.05, 0.1) is 6.54 Å². The highest BCUT2D eigenvalue weighted by Gasteiger charge is 2.09. The highest BCUT2D eigenvalue weighted by atomic mass is 19.3. The van der Waals surface area contributed by atoms with E-state index in [0.29, 0.717) is 13.1 Å². The summed E-state index contributed by atoms with van der Waals surface area (Å²) < 4.78 is 30.4. The maximum Gasteiger partial charge on any atom is 0.387 e. The van der Waals surface area contributed by atoms with Crippen LogP contribution in [0.15, 0.2) is 24.3 Å². The second-order valence-corrected chi connectivity index (χ2v) is 4.92. The number of aryl methyl sites for hydroxylation is 1. The zero-order valence-electron chi connectivity index (χ0n) is 12.3. The number of halogens is 2. The summed E-state index contributed by atoms with van der Waals surface area (Å²) in [5, 5.41) is 8.13. The number of hydrogen-bond donors (Lipinski definition) is 0. The van der Waals surface area contributed by atoms with Crippen LogP contribution < -0.4 is 4.74 Å². The Bertz CT molecular complexity index is 583. The van der Waals surface area contributed by atoms with Gasteiger partial charge in [0.2, 0.25) is 0 Å². The molecule has 0 N–H and O–H groups in total. The maximum absolute atomic E-state index is 12.1. The molecule has 0 atom stereocenters. The molecule has 0 amide bonds. The lowest BCUT2D eigenvalue weighted by atomic mass is 10.2. The molecule has 21 heavy (non-hydrogen) atoms. The fourth-order valence-corrected chi connectivity index (χ4v) is 1.97. The van der Waals surface area contributed by atoms with Gasteiger partial charge in [0.25, 0.3) is 0 Å². The molecule has 0 aliphatic rings. The van der Waals surface area contributed by atoms with Crippen LogP contribution in [0, 0.1) is 6.92 Å². The van der Waals surface area contributed by atoms with E-state index < -0.39 is 6.61 Å².